The Morgan fingerprint density at radius 2 is 2.12 bits per heavy atom. The van der Waals surface area contributed by atoms with Gasteiger partial charge in [-0.25, -0.2) is 22.8 Å². The van der Waals surface area contributed by atoms with Gasteiger partial charge in [-0.05, 0) is 31.5 Å². The molecule has 0 saturated carbocycles. The second-order valence-electron chi connectivity index (χ2n) is 7.98. The fraction of sp³-hybridized carbons (Fsp3) is 0.400. The highest BCUT2D eigenvalue weighted by molar-refractivity contribution is 7.93. The molecular weight excluding hydrogens is 441 g/mol. The van der Waals surface area contributed by atoms with E-state index in [2.05, 4.69) is 20.6 Å². The van der Waals surface area contributed by atoms with Crippen molar-refractivity contribution in [1.82, 2.24) is 15.3 Å². The summed E-state index contributed by atoms with van der Waals surface area (Å²) in [6, 6.07) is 3.84. The van der Waals surface area contributed by atoms with Gasteiger partial charge in [0.1, 0.15) is 17.3 Å². The molecule has 0 unspecified atom stereocenters. The van der Waals surface area contributed by atoms with Crippen LogP contribution in [0.15, 0.2) is 30.6 Å². The smallest absolute Gasteiger partial charge is 0.275 e. The van der Waals surface area contributed by atoms with Gasteiger partial charge in [-0.2, -0.15) is 0 Å². The van der Waals surface area contributed by atoms with Crippen molar-refractivity contribution in [3.8, 4) is 5.88 Å². The number of amides is 1. The topological polar surface area (TPSA) is 143 Å². The molecule has 1 amide bonds. The summed E-state index contributed by atoms with van der Waals surface area (Å²) in [6.45, 7) is 1.66. The summed E-state index contributed by atoms with van der Waals surface area (Å²) in [5.41, 5.74) is -1.14. The van der Waals surface area contributed by atoms with Crippen LogP contribution >= 0.6 is 0 Å². The molecular formula is C20H22FN5O5S. The maximum absolute atomic E-state index is 14.8. The number of benzene rings is 1. The second-order valence-corrected chi connectivity index (χ2v) is 10.3. The van der Waals surface area contributed by atoms with Crippen molar-refractivity contribution < 1.29 is 27.1 Å². The van der Waals surface area contributed by atoms with Crippen molar-refractivity contribution in [3.05, 3.63) is 47.7 Å². The molecule has 10 nitrogen and oxygen atoms in total. The number of carbonyl (C=O) groups is 1. The molecule has 32 heavy (non-hydrogen) atoms. The Kier molecular flexibility index (Phi) is 5.37. The van der Waals surface area contributed by atoms with Crippen molar-refractivity contribution in [2.45, 2.75) is 23.6 Å². The van der Waals surface area contributed by atoms with E-state index in [4.69, 9.17) is 14.9 Å². The molecule has 1 aromatic carbocycles. The van der Waals surface area contributed by atoms with E-state index < -0.39 is 37.6 Å². The number of hydrogen-bond donors (Lipinski definition) is 3. The molecule has 2 fully saturated rings. The summed E-state index contributed by atoms with van der Waals surface area (Å²) >= 11 is 0. The number of rotatable bonds is 4. The van der Waals surface area contributed by atoms with Crippen LogP contribution in [0.4, 0.5) is 10.1 Å². The zero-order valence-corrected chi connectivity index (χ0v) is 18.3. The Morgan fingerprint density at radius 3 is 2.72 bits per heavy atom. The molecule has 170 valence electrons. The zero-order valence-electron chi connectivity index (χ0n) is 17.4. The number of nitrogens with zero attached hydrogens (tertiary/aromatic N) is 2. The second kappa shape index (κ2) is 7.78. The lowest BCUT2D eigenvalue weighted by Gasteiger charge is -2.44. The van der Waals surface area contributed by atoms with E-state index in [9.17, 15) is 17.6 Å². The molecule has 3 heterocycles. The highest BCUT2D eigenvalue weighted by Crippen LogP contribution is 2.40. The Hall–Kier alpha value is -3.12. The summed E-state index contributed by atoms with van der Waals surface area (Å²) < 4.78 is 49.8. The maximum atomic E-state index is 14.8. The van der Waals surface area contributed by atoms with Crippen LogP contribution in [0.25, 0.3) is 0 Å². The molecule has 12 heteroatoms. The first-order valence-corrected chi connectivity index (χ1v) is 11.4. The van der Waals surface area contributed by atoms with Gasteiger partial charge in [0, 0.05) is 17.9 Å². The summed E-state index contributed by atoms with van der Waals surface area (Å²) in [6.07, 6.45) is 2.70. The van der Waals surface area contributed by atoms with Gasteiger partial charge in [0.2, 0.25) is 5.88 Å². The van der Waals surface area contributed by atoms with E-state index in [-0.39, 0.29) is 48.3 Å². The van der Waals surface area contributed by atoms with Gasteiger partial charge in [0.25, 0.3) is 5.91 Å². The lowest BCUT2D eigenvalue weighted by atomic mass is 9.90. The molecule has 2 saturated heterocycles. The highest BCUT2D eigenvalue weighted by atomic mass is 32.2. The van der Waals surface area contributed by atoms with E-state index in [0.717, 1.165) is 6.07 Å². The minimum absolute atomic E-state index is 0.0122. The molecule has 0 aliphatic carbocycles. The first kappa shape index (κ1) is 22.1. The van der Waals surface area contributed by atoms with E-state index in [0.29, 0.717) is 0 Å². The zero-order chi connectivity index (χ0) is 23.1. The van der Waals surface area contributed by atoms with Crippen molar-refractivity contribution in [2.24, 2.45) is 0 Å². The Balaban J connectivity index is 1.62. The van der Waals surface area contributed by atoms with Gasteiger partial charge >= 0.3 is 0 Å². The predicted molar refractivity (Wildman–Crippen MR) is 113 cm³/mol. The lowest BCUT2D eigenvalue weighted by molar-refractivity contribution is 0.102. The van der Waals surface area contributed by atoms with Crippen LogP contribution in [0.2, 0.25) is 0 Å². The van der Waals surface area contributed by atoms with Crippen LogP contribution in [0, 0.1) is 11.2 Å². The van der Waals surface area contributed by atoms with Crippen molar-refractivity contribution in [2.75, 3.05) is 31.4 Å². The highest BCUT2D eigenvalue weighted by Gasteiger charge is 2.58. The predicted octanol–water partition coefficient (Wildman–Crippen LogP) is 1.25. The molecule has 4 rings (SSSR count). The minimum atomic E-state index is -3.83. The summed E-state index contributed by atoms with van der Waals surface area (Å²) in [5.74, 6) is -1.64. The number of carbonyl (C=O) groups excluding carboxylic acids is 1. The molecule has 2 atom stereocenters. The summed E-state index contributed by atoms with van der Waals surface area (Å²) in [7, 11) is -2.40. The van der Waals surface area contributed by atoms with Gasteiger partial charge in [0.05, 0.1) is 37.4 Å². The first-order valence-electron chi connectivity index (χ1n) is 9.75. The number of anilines is 1. The number of hydrogen-bond acceptors (Lipinski definition) is 8. The molecule has 2 aliphatic rings. The van der Waals surface area contributed by atoms with E-state index in [1.54, 1.807) is 0 Å². The molecule has 2 aromatic rings. The first-order chi connectivity index (χ1) is 15.1. The van der Waals surface area contributed by atoms with Crippen molar-refractivity contribution in [1.29, 1.82) is 5.41 Å². The fourth-order valence-corrected chi connectivity index (χ4v) is 6.28. The van der Waals surface area contributed by atoms with Gasteiger partial charge in [-0.3, -0.25) is 10.2 Å². The monoisotopic (exact) mass is 463 g/mol. The Morgan fingerprint density at radius 1 is 1.34 bits per heavy atom. The van der Waals surface area contributed by atoms with Crippen LogP contribution in [-0.2, 0) is 20.1 Å². The summed E-state index contributed by atoms with van der Waals surface area (Å²) in [5, 5.41) is 13.9. The number of ether oxygens (including phenoxy) is 2. The van der Waals surface area contributed by atoms with Crippen molar-refractivity contribution in [3.63, 3.8) is 0 Å². The third-order valence-electron chi connectivity index (χ3n) is 5.80. The van der Waals surface area contributed by atoms with E-state index >= 15 is 0 Å². The molecule has 0 radical (unpaired) electrons. The molecule has 0 bridgehead atoms. The van der Waals surface area contributed by atoms with Crippen LogP contribution in [-0.4, -0.2) is 61.0 Å². The van der Waals surface area contributed by atoms with Gasteiger partial charge in [-0.15, -0.1) is 0 Å². The van der Waals surface area contributed by atoms with Crippen LogP contribution in [0.1, 0.15) is 29.4 Å². The largest absolute Gasteiger partial charge is 0.480 e. The Bertz CT molecular complexity index is 1180. The standard InChI is InChI=1S/C20H22FN5O5S/c1-19(11-32(28,29)20(18(22)26-19)5-6-31-10-20)13-7-12(3-4-14(13)21)25-17(27)15-8-24-16(30-2)9-23-15/h3-4,7-9H,5-6,10-11H2,1-2H3,(H2,22,26)(H,25,27)/t19-,20-/m0/s1. The van der Waals surface area contributed by atoms with Crippen LogP contribution in [0.5, 0.6) is 5.88 Å². The van der Waals surface area contributed by atoms with E-state index in [1.807, 2.05) is 0 Å². The number of aromatic nitrogens is 2. The molecule has 3 N–H and O–H groups in total. The van der Waals surface area contributed by atoms with Gasteiger partial charge < -0.3 is 20.1 Å². The lowest BCUT2D eigenvalue weighted by Crippen LogP contribution is -2.66. The van der Waals surface area contributed by atoms with Gasteiger partial charge in [0.15, 0.2) is 14.6 Å². The molecule has 1 spiro atoms. The maximum Gasteiger partial charge on any atom is 0.275 e. The third kappa shape index (κ3) is 3.58. The number of nitrogens with one attached hydrogen (secondary N) is 3. The van der Waals surface area contributed by atoms with Crippen LogP contribution < -0.4 is 15.4 Å². The number of methoxy groups -OCH3 is 1. The van der Waals surface area contributed by atoms with Gasteiger partial charge in [-0.1, -0.05) is 0 Å². The SMILES string of the molecule is COc1cnc(C(=O)Nc2ccc(F)c([C@]3(C)CS(=O)(=O)[C@]4(CCOC4)C(=N)N3)c2)cn1. The number of halogens is 1. The van der Waals surface area contributed by atoms with E-state index in [1.165, 1.54) is 38.6 Å². The van der Waals surface area contributed by atoms with Crippen molar-refractivity contribution >= 4 is 27.3 Å². The molecule has 1 aromatic heterocycles. The molecule has 2 aliphatic heterocycles. The average molecular weight is 463 g/mol. The number of amidine groups is 1. The third-order valence-corrected chi connectivity index (χ3v) is 8.48. The van der Waals surface area contributed by atoms with Crippen LogP contribution in [0.3, 0.4) is 0 Å². The quantitative estimate of drug-likeness (QED) is 0.615. The Labute approximate surface area is 184 Å². The number of sulfone groups is 1. The fourth-order valence-electron chi connectivity index (χ4n) is 3.99. The normalized spacial score (nSPS) is 26.5. The average Bonchev–Trinajstić information content (AvgIpc) is 3.26. The summed E-state index contributed by atoms with van der Waals surface area (Å²) in [4.78, 5) is 20.4. The minimum Gasteiger partial charge on any atom is -0.480 e.